The second kappa shape index (κ2) is 5.85. The summed E-state index contributed by atoms with van der Waals surface area (Å²) in [4.78, 5) is 11.6. The molecule has 1 unspecified atom stereocenters. The van der Waals surface area contributed by atoms with E-state index in [4.69, 9.17) is 11.6 Å². The first-order valence-electron chi connectivity index (χ1n) is 5.62. The van der Waals surface area contributed by atoms with Gasteiger partial charge in [0.15, 0.2) is 0 Å². The Labute approximate surface area is 114 Å². The lowest BCUT2D eigenvalue weighted by atomic mass is 10.1. The molecule has 1 atom stereocenters. The fourth-order valence-electron chi connectivity index (χ4n) is 1.88. The van der Waals surface area contributed by atoms with Crippen LogP contribution in [-0.2, 0) is 11.3 Å². The molecule has 0 spiro atoms. The SMILES string of the molecule is O=C1NCCCC1NCc1cc(Br)ccc1Cl. The molecular weight excluding hydrogens is 304 g/mol. The van der Waals surface area contributed by atoms with Crippen LogP contribution in [0.1, 0.15) is 18.4 Å². The average Bonchev–Trinajstić information content (AvgIpc) is 2.32. The summed E-state index contributed by atoms with van der Waals surface area (Å²) in [6, 6.07) is 5.62. The lowest BCUT2D eigenvalue weighted by Gasteiger charge is -2.23. The van der Waals surface area contributed by atoms with Crippen LogP contribution in [0.5, 0.6) is 0 Å². The van der Waals surface area contributed by atoms with E-state index in [0.717, 1.165) is 34.4 Å². The van der Waals surface area contributed by atoms with E-state index in [9.17, 15) is 4.79 Å². The second-order valence-electron chi connectivity index (χ2n) is 4.10. The van der Waals surface area contributed by atoms with Crippen molar-refractivity contribution in [2.75, 3.05) is 6.54 Å². The third-order valence-corrected chi connectivity index (χ3v) is 3.69. The van der Waals surface area contributed by atoms with Crippen LogP contribution in [0.4, 0.5) is 0 Å². The molecule has 3 nitrogen and oxygen atoms in total. The molecule has 2 rings (SSSR count). The topological polar surface area (TPSA) is 41.1 Å². The van der Waals surface area contributed by atoms with Gasteiger partial charge in [0.05, 0.1) is 6.04 Å². The lowest BCUT2D eigenvalue weighted by molar-refractivity contribution is -0.124. The summed E-state index contributed by atoms with van der Waals surface area (Å²) in [6.07, 6.45) is 1.91. The third-order valence-electron chi connectivity index (χ3n) is 2.83. The van der Waals surface area contributed by atoms with Crippen LogP contribution < -0.4 is 10.6 Å². The summed E-state index contributed by atoms with van der Waals surface area (Å²) in [7, 11) is 0. The first-order chi connectivity index (χ1) is 8.16. The number of carbonyl (C=O) groups excluding carboxylic acids is 1. The molecule has 0 bridgehead atoms. The minimum Gasteiger partial charge on any atom is -0.355 e. The molecule has 17 heavy (non-hydrogen) atoms. The zero-order chi connectivity index (χ0) is 12.3. The van der Waals surface area contributed by atoms with Gasteiger partial charge in [-0.1, -0.05) is 27.5 Å². The number of nitrogens with one attached hydrogen (secondary N) is 2. The Morgan fingerprint density at radius 3 is 3.12 bits per heavy atom. The Morgan fingerprint density at radius 2 is 2.35 bits per heavy atom. The van der Waals surface area contributed by atoms with E-state index < -0.39 is 0 Å². The van der Waals surface area contributed by atoms with Gasteiger partial charge in [0.1, 0.15) is 0 Å². The predicted octanol–water partition coefficient (Wildman–Crippen LogP) is 2.47. The van der Waals surface area contributed by atoms with Crippen LogP contribution >= 0.6 is 27.5 Å². The van der Waals surface area contributed by atoms with E-state index in [2.05, 4.69) is 26.6 Å². The van der Waals surface area contributed by atoms with Crippen molar-refractivity contribution in [3.05, 3.63) is 33.3 Å². The summed E-state index contributed by atoms with van der Waals surface area (Å²) < 4.78 is 0.992. The molecule has 1 aliphatic heterocycles. The van der Waals surface area contributed by atoms with Crippen molar-refractivity contribution >= 4 is 33.4 Å². The van der Waals surface area contributed by atoms with Gasteiger partial charge in [-0.2, -0.15) is 0 Å². The molecule has 92 valence electrons. The van der Waals surface area contributed by atoms with Crippen molar-refractivity contribution in [2.45, 2.75) is 25.4 Å². The molecule has 2 N–H and O–H groups in total. The molecule has 5 heteroatoms. The standard InChI is InChI=1S/C12H14BrClN2O/c13-9-3-4-10(14)8(6-9)7-16-11-2-1-5-15-12(11)17/h3-4,6,11,16H,1-2,5,7H2,(H,15,17). The van der Waals surface area contributed by atoms with E-state index in [-0.39, 0.29) is 11.9 Å². The maximum atomic E-state index is 11.6. The fraction of sp³-hybridized carbons (Fsp3) is 0.417. The van der Waals surface area contributed by atoms with Gasteiger partial charge in [0.25, 0.3) is 0 Å². The average molecular weight is 318 g/mol. The number of hydrogen-bond donors (Lipinski definition) is 2. The van der Waals surface area contributed by atoms with Crippen molar-refractivity contribution in [3.63, 3.8) is 0 Å². The molecule has 1 aromatic rings. The van der Waals surface area contributed by atoms with Crippen molar-refractivity contribution in [2.24, 2.45) is 0 Å². The number of carbonyl (C=O) groups is 1. The Morgan fingerprint density at radius 1 is 1.53 bits per heavy atom. The van der Waals surface area contributed by atoms with Crippen molar-refractivity contribution in [3.8, 4) is 0 Å². The van der Waals surface area contributed by atoms with Gasteiger partial charge in [-0.25, -0.2) is 0 Å². The number of amides is 1. The van der Waals surface area contributed by atoms with Crippen molar-refractivity contribution in [1.82, 2.24) is 10.6 Å². The molecule has 1 amide bonds. The maximum Gasteiger partial charge on any atom is 0.237 e. The number of rotatable bonds is 3. The first-order valence-corrected chi connectivity index (χ1v) is 6.79. The zero-order valence-corrected chi connectivity index (χ0v) is 11.6. The van der Waals surface area contributed by atoms with Crippen LogP contribution in [0.15, 0.2) is 22.7 Å². The van der Waals surface area contributed by atoms with Gasteiger partial charge < -0.3 is 10.6 Å². The highest BCUT2D eigenvalue weighted by Gasteiger charge is 2.21. The van der Waals surface area contributed by atoms with Crippen molar-refractivity contribution in [1.29, 1.82) is 0 Å². The van der Waals surface area contributed by atoms with Crippen LogP contribution in [0.25, 0.3) is 0 Å². The highest BCUT2D eigenvalue weighted by atomic mass is 79.9. The molecule has 0 aromatic heterocycles. The third kappa shape index (κ3) is 3.44. The highest BCUT2D eigenvalue weighted by Crippen LogP contribution is 2.21. The number of benzene rings is 1. The monoisotopic (exact) mass is 316 g/mol. The summed E-state index contributed by atoms with van der Waals surface area (Å²) >= 11 is 9.50. The van der Waals surface area contributed by atoms with E-state index >= 15 is 0 Å². The fourth-order valence-corrected chi connectivity index (χ4v) is 2.47. The van der Waals surface area contributed by atoms with Crippen LogP contribution in [-0.4, -0.2) is 18.5 Å². The molecule has 1 saturated heterocycles. The summed E-state index contributed by atoms with van der Waals surface area (Å²) in [5, 5.41) is 6.81. The number of halogens is 2. The largest absolute Gasteiger partial charge is 0.355 e. The number of piperidine rings is 1. The van der Waals surface area contributed by atoms with Gasteiger partial charge in [-0.3, -0.25) is 4.79 Å². The second-order valence-corrected chi connectivity index (χ2v) is 5.43. The molecule has 1 fully saturated rings. The molecule has 1 aliphatic rings. The molecule has 0 saturated carbocycles. The molecule has 1 aromatic carbocycles. The van der Waals surface area contributed by atoms with Crippen molar-refractivity contribution < 1.29 is 4.79 Å². The summed E-state index contributed by atoms with van der Waals surface area (Å²) in [5.41, 5.74) is 0.999. The molecular formula is C12H14BrClN2O. The Bertz CT molecular complexity index is 425. The first kappa shape index (κ1) is 12.9. The van der Waals surface area contributed by atoms with E-state index in [0.29, 0.717) is 6.54 Å². The molecule has 0 radical (unpaired) electrons. The van der Waals surface area contributed by atoms with Gasteiger partial charge in [-0.15, -0.1) is 0 Å². The molecule has 1 heterocycles. The lowest BCUT2D eigenvalue weighted by Crippen LogP contribution is -2.47. The quantitative estimate of drug-likeness (QED) is 0.899. The van der Waals surface area contributed by atoms with Crippen LogP contribution in [0.2, 0.25) is 5.02 Å². The van der Waals surface area contributed by atoms with Crippen LogP contribution in [0.3, 0.4) is 0 Å². The van der Waals surface area contributed by atoms with Gasteiger partial charge in [0.2, 0.25) is 5.91 Å². The minimum absolute atomic E-state index is 0.0855. The maximum absolute atomic E-state index is 11.6. The van der Waals surface area contributed by atoms with E-state index in [1.165, 1.54) is 0 Å². The Hall–Kier alpha value is -0.580. The summed E-state index contributed by atoms with van der Waals surface area (Å²) in [5.74, 6) is 0.0855. The Kier molecular flexibility index (Phi) is 4.42. The Balaban J connectivity index is 1.97. The number of hydrogen-bond acceptors (Lipinski definition) is 2. The molecule has 0 aliphatic carbocycles. The van der Waals surface area contributed by atoms with E-state index in [1.54, 1.807) is 0 Å². The van der Waals surface area contributed by atoms with Gasteiger partial charge in [0, 0.05) is 22.6 Å². The smallest absolute Gasteiger partial charge is 0.237 e. The highest BCUT2D eigenvalue weighted by molar-refractivity contribution is 9.10. The summed E-state index contributed by atoms with van der Waals surface area (Å²) in [6.45, 7) is 1.39. The van der Waals surface area contributed by atoms with Gasteiger partial charge >= 0.3 is 0 Å². The minimum atomic E-state index is -0.0983. The van der Waals surface area contributed by atoms with E-state index in [1.807, 2.05) is 18.2 Å². The van der Waals surface area contributed by atoms with Crippen LogP contribution in [0, 0.1) is 0 Å². The van der Waals surface area contributed by atoms with Gasteiger partial charge in [-0.05, 0) is 36.6 Å². The zero-order valence-electron chi connectivity index (χ0n) is 9.30. The predicted molar refractivity (Wildman–Crippen MR) is 72.0 cm³/mol. The normalized spacial score (nSPS) is 20.1.